The number of aryl methyl sites for hydroxylation is 2. The van der Waals surface area contributed by atoms with E-state index in [0.717, 1.165) is 5.69 Å². The highest BCUT2D eigenvalue weighted by molar-refractivity contribution is 5.98. The van der Waals surface area contributed by atoms with Crippen molar-refractivity contribution in [1.29, 1.82) is 0 Å². The zero-order valence-corrected chi connectivity index (χ0v) is 10.7. The Morgan fingerprint density at radius 3 is 2.47 bits per heavy atom. The van der Waals surface area contributed by atoms with E-state index >= 15 is 0 Å². The van der Waals surface area contributed by atoms with Crippen molar-refractivity contribution in [3.63, 3.8) is 0 Å². The van der Waals surface area contributed by atoms with Crippen molar-refractivity contribution in [2.45, 2.75) is 13.8 Å². The number of pyridine rings is 1. The standard InChI is InChI=1S/C13H14N4O2/c1-8-5-6-10(9(2)15-8)12(18)16-17-13(19)11-4-3-7-14-11/h3-7,14H,1-2H3,(H,16,18)(H,17,19). The summed E-state index contributed by atoms with van der Waals surface area (Å²) in [7, 11) is 0. The van der Waals surface area contributed by atoms with Gasteiger partial charge in [0.05, 0.1) is 11.3 Å². The van der Waals surface area contributed by atoms with E-state index in [9.17, 15) is 9.59 Å². The average molecular weight is 258 g/mol. The summed E-state index contributed by atoms with van der Waals surface area (Å²) >= 11 is 0. The summed E-state index contributed by atoms with van der Waals surface area (Å²) in [5.41, 5.74) is 6.93. The van der Waals surface area contributed by atoms with Gasteiger partial charge in [-0.15, -0.1) is 0 Å². The minimum absolute atomic E-state index is 0.374. The number of hydrogen-bond donors (Lipinski definition) is 3. The maximum Gasteiger partial charge on any atom is 0.286 e. The molecule has 19 heavy (non-hydrogen) atoms. The molecule has 6 nitrogen and oxygen atoms in total. The third-order valence-electron chi connectivity index (χ3n) is 2.60. The van der Waals surface area contributed by atoms with Crippen molar-refractivity contribution < 1.29 is 9.59 Å². The molecule has 2 heterocycles. The molecule has 0 aliphatic heterocycles. The van der Waals surface area contributed by atoms with E-state index in [2.05, 4.69) is 20.8 Å². The topological polar surface area (TPSA) is 86.9 Å². The maximum absolute atomic E-state index is 11.9. The van der Waals surface area contributed by atoms with E-state index in [1.165, 1.54) is 0 Å². The first kappa shape index (κ1) is 12.8. The van der Waals surface area contributed by atoms with Gasteiger partial charge in [0.25, 0.3) is 11.8 Å². The van der Waals surface area contributed by atoms with Crippen molar-refractivity contribution in [3.8, 4) is 0 Å². The number of amides is 2. The van der Waals surface area contributed by atoms with E-state index in [0.29, 0.717) is 17.0 Å². The number of nitrogens with one attached hydrogen (secondary N) is 3. The van der Waals surface area contributed by atoms with E-state index < -0.39 is 11.8 Å². The van der Waals surface area contributed by atoms with Crippen LogP contribution in [0.1, 0.15) is 32.2 Å². The van der Waals surface area contributed by atoms with Crippen molar-refractivity contribution in [2.75, 3.05) is 0 Å². The predicted octanol–water partition coefficient (Wildman–Crippen LogP) is 1.10. The fraction of sp³-hybridized carbons (Fsp3) is 0.154. The molecule has 2 amide bonds. The smallest absolute Gasteiger partial charge is 0.286 e. The number of hydrazine groups is 1. The molecule has 3 N–H and O–H groups in total. The fourth-order valence-corrected chi connectivity index (χ4v) is 1.65. The Balaban J connectivity index is 2.00. The van der Waals surface area contributed by atoms with Crippen LogP contribution in [0, 0.1) is 13.8 Å². The highest BCUT2D eigenvalue weighted by atomic mass is 16.2. The molecule has 98 valence electrons. The first-order valence-electron chi connectivity index (χ1n) is 5.76. The van der Waals surface area contributed by atoms with E-state index in [4.69, 9.17) is 0 Å². The monoisotopic (exact) mass is 258 g/mol. The molecule has 0 radical (unpaired) electrons. The van der Waals surface area contributed by atoms with Crippen LogP contribution in [0.25, 0.3) is 0 Å². The summed E-state index contributed by atoms with van der Waals surface area (Å²) in [6.45, 7) is 3.59. The summed E-state index contributed by atoms with van der Waals surface area (Å²) in [5.74, 6) is -0.805. The maximum atomic E-state index is 11.9. The SMILES string of the molecule is Cc1ccc(C(=O)NNC(=O)c2ccc[nH]2)c(C)n1. The van der Waals surface area contributed by atoms with Crippen LogP contribution in [-0.2, 0) is 0 Å². The minimum atomic E-state index is -0.406. The number of carbonyl (C=O) groups excluding carboxylic acids is 2. The van der Waals surface area contributed by atoms with E-state index in [1.807, 2.05) is 6.92 Å². The molecule has 2 aromatic heterocycles. The largest absolute Gasteiger partial charge is 0.357 e. The molecular weight excluding hydrogens is 244 g/mol. The first-order valence-corrected chi connectivity index (χ1v) is 5.76. The van der Waals surface area contributed by atoms with Crippen LogP contribution in [0.3, 0.4) is 0 Å². The van der Waals surface area contributed by atoms with E-state index in [-0.39, 0.29) is 0 Å². The van der Waals surface area contributed by atoms with Crippen LogP contribution in [-0.4, -0.2) is 21.8 Å². The average Bonchev–Trinajstić information content (AvgIpc) is 2.89. The van der Waals surface area contributed by atoms with Gasteiger partial charge >= 0.3 is 0 Å². The Labute approximate surface area is 110 Å². The summed E-state index contributed by atoms with van der Waals surface area (Å²) < 4.78 is 0. The van der Waals surface area contributed by atoms with Crippen LogP contribution in [0.15, 0.2) is 30.5 Å². The normalized spacial score (nSPS) is 10.0. The van der Waals surface area contributed by atoms with E-state index in [1.54, 1.807) is 37.4 Å². The molecule has 2 rings (SSSR count). The summed E-state index contributed by atoms with van der Waals surface area (Å²) in [6.07, 6.45) is 1.63. The molecule has 0 spiro atoms. The van der Waals surface area contributed by atoms with Crippen LogP contribution >= 0.6 is 0 Å². The lowest BCUT2D eigenvalue weighted by atomic mass is 10.2. The molecule has 0 aliphatic carbocycles. The van der Waals surface area contributed by atoms with Gasteiger partial charge in [-0.1, -0.05) is 0 Å². The third kappa shape index (κ3) is 2.98. The molecule has 2 aromatic rings. The van der Waals surface area contributed by atoms with Gasteiger partial charge < -0.3 is 4.98 Å². The van der Waals surface area contributed by atoms with Gasteiger partial charge in [-0.3, -0.25) is 25.4 Å². The lowest BCUT2D eigenvalue weighted by molar-refractivity contribution is 0.0843. The van der Waals surface area contributed by atoms with Crippen LogP contribution < -0.4 is 10.9 Å². The Hall–Kier alpha value is -2.63. The molecule has 0 atom stereocenters. The quantitative estimate of drug-likeness (QED) is 0.705. The van der Waals surface area contributed by atoms with Gasteiger partial charge in [-0.25, -0.2) is 0 Å². The summed E-state index contributed by atoms with van der Waals surface area (Å²) in [6, 6.07) is 6.73. The molecule has 0 bridgehead atoms. The van der Waals surface area contributed by atoms with Crippen LogP contribution in [0.5, 0.6) is 0 Å². The molecule has 0 aromatic carbocycles. The molecular formula is C13H14N4O2. The third-order valence-corrected chi connectivity index (χ3v) is 2.60. The minimum Gasteiger partial charge on any atom is -0.357 e. The zero-order chi connectivity index (χ0) is 13.8. The number of H-pyrrole nitrogens is 1. The van der Waals surface area contributed by atoms with Crippen LogP contribution in [0.2, 0.25) is 0 Å². The molecule has 0 unspecified atom stereocenters. The summed E-state index contributed by atoms with van der Waals surface area (Å²) in [5, 5.41) is 0. The molecule has 0 saturated heterocycles. The number of aromatic nitrogens is 2. The molecule has 0 aliphatic rings. The fourth-order valence-electron chi connectivity index (χ4n) is 1.65. The summed E-state index contributed by atoms with van der Waals surface area (Å²) in [4.78, 5) is 30.4. The lowest BCUT2D eigenvalue weighted by Gasteiger charge is -2.08. The van der Waals surface area contributed by atoms with Crippen molar-refractivity contribution in [2.24, 2.45) is 0 Å². The van der Waals surface area contributed by atoms with Gasteiger partial charge in [-0.2, -0.15) is 0 Å². The highest BCUT2D eigenvalue weighted by Crippen LogP contribution is 2.05. The first-order chi connectivity index (χ1) is 9.08. The number of nitrogens with zero attached hydrogens (tertiary/aromatic N) is 1. The lowest BCUT2D eigenvalue weighted by Crippen LogP contribution is -2.42. The second kappa shape index (κ2) is 5.34. The molecule has 0 fully saturated rings. The Bertz CT molecular complexity index is 605. The van der Waals surface area contributed by atoms with Gasteiger partial charge in [-0.05, 0) is 38.1 Å². The van der Waals surface area contributed by atoms with Crippen LogP contribution in [0.4, 0.5) is 0 Å². The Kier molecular flexibility index (Phi) is 3.61. The second-order valence-corrected chi connectivity index (χ2v) is 4.08. The molecule has 6 heteroatoms. The highest BCUT2D eigenvalue weighted by Gasteiger charge is 2.12. The zero-order valence-electron chi connectivity index (χ0n) is 10.7. The van der Waals surface area contributed by atoms with Gasteiger partial charge in [0, 0.05) is 11.9 Å². The van der Waals surface area contributed by atoms with Gasteiger partial charge in [0.2, 0.25) is 0 Å². The Morgan fingerprint density at radius 2 is 1.84 bits per heavy atom. The van der Waals surface area contributed by atoms with Gasteiger partial charge in [0.15, 0.2) is 0 Å². The Morgan fingerprint density at radius 1 is 1.11 bits per heavy atom. The van der Waals surface area contributed by atoms with Crippen molar-refractivity contribution in [1.82, 2.24) is 20.8 Å². The van der Waals surface area contributed by atoms with Crippen molar-refractivity contribution in [3.05, 3.63) is 53.1 Å². The number of rotatable bonds is 2. The number of aromatic amines is 1. The number of carbonyl (C=O) groups is 2. The number of hydrogen-bond acceptors (Lipinski definition) is 3. The van der Waals surface area contributed by atoms with Gasteiger partial charge in [0.1, 0.15) is 5.69 Å². The second-order valence-electron chi connectivity index (χ2n) is 4.08. The predicted molar refractivity (Wildman–Crippen MR) is 69.4 cm³/mol. The van der Waals surface area contributed by atoms with Crippen molar-refractivity contribution >= 4 is 11.8 Å². The molecule has 0 saturated carbocycles.